The van der Waals surface area contributed by atoms with E-state index >= 15 is 0 Å². The highest BCUT2D eigenvalue weighted by Gasteiger charge is 2.15. The lowest BCUT2D eigenvalue weighted by Crippen LogP contribution is -2.44. The highest BCUT2D eigenvalue weighted by atomic mass is 16.5. The van der Waals surface area contributed by atoms with Crippen LogP contribution in [0.1, 0.15) is 11.1 Å². The predicted octanol–water partition coefficient (Wildman–Crippen LogP) is 5.00. The maximum Gasteiger partial charge on any atom is 0.118 e. The number of methoxy groups -OCH3 is 1. The molecule has 5 rings (SSSR count). The van der Waals surface area contributed by atoms with Crippen molar-refractivity contribution in [3.63, 3.8) is 0 Å². The van der Waals surface area contributed by atoms with Crippen LogP contribution in [-0.4, -0.2) is 58.0 Å². The Bertz CT molecular complexity index is 1160. The zero-order valence-electron chi connectivity index (χ0n) is 19.3. The Labute approximate surface area is 196 Å². The van der Waals surface area contributed by atoms with Crippen LogP contribution in [-0.2, 0) is 0 Å². The van der Waals surface area contributed by atoms with Crippen molar-refractivity contribution >= 4 is 23.2 Å². The molecule has 2 aliphatic rings. The van der Waals surface area contributed by atoms with Crippen molar-refractivity contribution in [2.45, 2.75) is 0 Å². The highest BCUT2D eigenvalue weighted by Crippen LogP contribution is 2.30. The molecule has 3 aromatic carbocycles. The SMILES string of the molecule is COc1ccc(-c2ccc3c(c2)C(=CNc2ccc(N4CCN(C)CC4)cc2)CN=C3)cc1. The van der Waals surface area contributed by atoms with E-state index in [2.05, 4.69) is 88.0 Å². The van der Waals surface area contributed by atoms with Crippen molar-refractivity contribution in [3.05, 3.63) is 84.1 Å². The zero-order valence-corrected chi connectivity index (χ0v) is 19.3. The van der Waals surface area contributed by atoms with Crippen LogP contribution in [0.2, 0.25) is 0 Å². The number of hydrogen-bond acceptors (Lipinski definition) is 5. The molecule has 2 aliphatic heterocycles. The Kier molecular flexibility index (Phi) is 6.13. The van der Waals surface area contributed by atoms with Gasteiger partial charge in [0.2, 0.25) is 0 Å². The van der Waals surface area contributed by atoms with E-state index in [1.165, 1.54) is 28.0 Å². The average Bonchev–Trinajstić information content (AvgIpc) is 2.88. The van der Waals surface area contributed by atoms with Gasteiger partial charge in [-0.15, -0.1) is 0 Å². The number of benzene rings is 3. The van der Waals surface area contributed by atoms with Gasteiger partial charge in [-0.25, -0.2) is 0 Å². The normalized spacial score (nSPS) is 17.2. The van der Waals surface area contributed by atoms with E-state index in [1.54, 1.807) is 7.11 Å². The average molecular weight is 439 g/mol. The Morgan fingerprint density at radius 2 is 1.61 bits per heavy atom. The van der Waals surface area contributed by atoms with Gasteiger partial charge in [-0.2, -0.15) is 0 Å². The van der Waals surface area contributed by atoms with Gasteiger partial charge in [0, 0.05) is 50.0 Å². The van der Waals surface area contributed by atoms with E-state index in [0.29, 0.717) is 6.54 Å². The molecule has 3 aromatic rings. The van der Waals surface area contributed by atoms with Crippen LogP contribution in [0.4, 0.5) is 11.4 Å². The Morgan fingerprint density at radius 3 is 2.33 bits per heavy atom. The smallest absolute Gasteiger partial charge is 0.118 e. The number of aliphatic imine (C=N–C) groups is 1. The molecule has 0 aliphatic carbocycles. The topological polar surface area (TPSA) is 40.1 Å². The summed E-state index contributed by atoms with van der Waals surface area (Å²) in [5.74, 6) is 0.868. The van der Waals surface area contributed by atoms with Gasteiger partial charge < -0.3 is 19.9 Å². The van der Waals surface area contributed by atoms with Crippen LogP contribution in [0.15, 0.2) is 77.9 Å². The molecule has 2 heterocycles. The van der Waals surface area contributed by atoms with Crippen molar-refractivity contribution in [3.8, 4) is 16.9 Å². The minimum Gasteiger partial charge on any atom is -0.497 e. The number of hydrogen-bond donors (Lipinski definition) is 1. The number of ether oxygens (including phenoxy) is 1. The second-order valence-electron chi connectivity index (χ2n) is 8.65. The van der Waals surface area contributed by atoms with Crippen LogP contribution in [0.3, 0.4) is 0 Å². The molecule has 0 aromatic heterocycles. The summed E-state index contributed by atoms with van der Waals surface area (Å²) in [7, 11) is 3.88. The van der Waals surface area contributed by atoms with Crippen molar-refractivity contribution in [2.24, 2.45) is 4.99 Å². The third kappa shape index (κ3) is 4.78. The quantitative estimate of drug-likeness (QED) is 0.609. The molecule has 5 heteroatoms. The van der Waals surface area contributed by atoms with Gasteiger partial charge in [0.15, 0.2) is 0 Å². The third-order valence-electron chi connectivity index (χ3n) is 6.46. The lowest BCUT2D eigenvalue weighted by molar-refractivity contribution is 0.313. The Morgan fingerprint density at radius 1 is 0.879 bits per heavy atom. The fourth-order valence-electron chi connectivity index (χ4n) is 4.36. The first-order valence-corrected chi connectivity index (χ1v) is 11.5. The first-order chi connectivity index (χ1) is 16.2. The van der Waals surface area contributed by atoms with Crippen molar-refractivity contribution < 1.29 is 4.74 Å². The summed E-state index contributed by atoms with van der Waals surface area (Å²) in [6.07, 6.45) is 4.06. The van der Waals surface area contributed by atoms with E-state index in [9.17, 15) is 0 Å². The summed E-state index contributed by atoms with van der Waals surface area (Å²) < 4.78 is 5.29. The van der Waals surface area contributed by atoms with Crippen LogP contribution in [0.25, 0.3) is 16.7 Å². The van der Waals surface area contributed by atoms with E-state index in [-0.39, 0.29) is 0 Å². The second kappa shape index (κ2) is 9.51. The summed E-state index contributed by atoms with van der Waals surface area (Å²) in [4.78, 5) is 9.39. The molecule has 0 radical (unpaired) electrons. The van der Waals surface area contributed by atoms with Gasteiger partial charge in [0.1, 0.15) is 5.75 Å². The maximum atomic E-state index is 5.29. The van der Waals surface area contributed by atoms with Crippen LogP contribution in [0, 0.1) is 0 Å². The molecule has 0 amide bonds. The molecule has 0 saturated carbocycles. The molecule has 1 saturated heterocycles. The van der Waals surface area contributed by atoms with E-state index in [4.69, 9.17) is 4.74 Å². The fraction of sp³-hybridized carbons (Fsp3) is 0.250. The van der Waals surface area contributed by atoms with Gasteiger partial charge >= 0.3 is 0 Å². The molecule has 168 valence electrons. The molecule has 1 fully saturated rings. The van der Waals surface area contributed by atoms with Gasteiger partial charge in [-0.3, -0.25) is 4.99 Å². The minimum atomic E-state index is 0.672. The number of rotatable bonds is 5. The molecule has 5 nitrogen and oxygen atoms in total. The summed E-state index contributed by atoms with van der Waals surface area (Å²) in [5.41, 5.74) is 8.30. The van der Waals surface area contributed by atoms with Crippen molar-refractivity contribution in [2.75, 3.05) is 57.1 Å². The molecular formula is C28H30N4O. The van der Waals surface area contributed by atoms with Gasteiger partial charge in [-0.05, 0) is 77.3 Å². The maximum absolute atomic E-state index is 5.29. The summed E-state index contributed by atoms with van der Waals surface area (Å²) in [6, 6.07) is 23.5. The van der Waals surface area contributed by atoms with E-state index in [1.807, 2.05) is 18.3 Å². The number of nitrogens with zero attached hydrogens (tertiary/aromatic N) is 3. The second-order valence-corrected chi connectivity index (χ2v) is 8.65. The molecule has 0 spiro atoms. The number of anilines is 2. The van der Waals surface area contributed by atoms with Gasteiger partial charge in [0.25, 0.3) is 0 Å². The monoisotopic (exact) mass is 438 g/mol. The summed E-state index contributed by atoms with van der Waals surface area (Å²) >= 11 is 0. The lowest BCUT2D eigenvalue weighted by atomic mass is 9.93. The van der Waals surface area contributed by atoms with E-state index in [0.717, 1.165) is 43.2 Å². The number of nitrogens with one attached hydrogen (secondary N) is 1. The van der Waals surface area contributed by atoms with Gasteiger partial charge in [-0.1, -0.05) is 24.3 Å². The fourth-order valence-corrected chi connectivity index (χ4v) is 4.36. The number of piperazine rings is 1. The van der Waals surface area contributed by atoms with Crippen molar-refractivity contribution in [1.29, 1.82) is 0 Å². The summed E-state index contributed by atoms with van der Waals surface area (Å²) in [6.45, 7) is 5.07. The van der Waals surface area contributed by atoms with Crippen molar-refractivity contribution in [1.82, 2.24) is 4.90 Å². The first kappa shape index (κ1) is 21.3. The minimum absolute atomic E-state index is 0.672. The number of fused-ring (bicyclic) bond motifs is 1. The molecule has 1 N–H and O–H groups in total. The van der Waals surface area contributed by atoms with Gasteiger partial charge in [0.05, 0.1) is 13.7 Å². The Hall–Kier alpha value is -3.57. The number of likely N-dealkylation sites (N-methyl/N-ethyl adjacent to an activating group) is 1. The van der Waals surface area contributed by atoms with Crippen LogP contribution >= 0.6 is 0 Å². The Balaban J connectivity index is 1.33. The summed E-state index contributed by atoms with van der Waals surface area (Å²) in [5, 5.41) is 3.49. The predicted molar refractivity (Wildman–Crippen MR) is 139 cm³/mol. The molecular weight excluding hydrogens is 408 g/mol. The zero-order chi connectivity index (χ0) is 22.6. The third-order valence-corrected chi connectivity index (χ3v) is 6.46. The van der Waals surface area contributed by atoms with Crippen LogP contribution < -0.4 is 15.0 Å². The van der Waals surface area contributed by atoms with E-state index < -0.39 is 0 Å². The standard InChI is InChI=1S/C28H30N4O/c1-31-13-15-32(16-14-31)26-9-7-25(8-10-26)30-20-24-19-29-18-23-4-3-22(17-28(23)24)21-5-11-27(33-2)12-6-21/h3-12,17-18,20,30H,13-16,19H2,1-2H3. The first-order valence-electron chi connectivity index (χ1n) is 11.5. The highest BCUT2D eigenvalue weighted by molar-refractivity contribution is 5.94. The molecule has 0 unspecified atom stereocenters. The largest absolute Gasteiger partial charge is 0.497 e. The molecule has 0 bridgehead atoms. The lowest BCUT2D eigenvalue weighted by Gasteiger charge is -2.34. The molecule has 0 atom stereocenters. The van der Waals surface area contributed by atoms with Crippen LogP contribution in [0.5, 0.6) is 5.75 Å². The molecule has 33 heavy (non-hydrogen) atoms.